The number of aromatic nitrogens is 6. The molecule has 1 aromatic carbocycles. The molecular weight excluding hydrogens is 556 g/mol. The number of benzene rings is 1. The quantitative estimate of drug-likeness (QED) is 0.231. The first-order valence-corrected chi connectivity index (χ1v) is 14.9. The molecule has 226 valence electrons. The summed E-state index contributed by atoms with van der Waals surface area (Å²) < 4.78 is 5.21. The molecule has 11 heteroatoms. The minimum Gasteiger partial charge on any atom is -0.357 e. The van der Waals surface area contributed by atoms with Gasteiger partial charge in [-0.05, 0) is 62.1 Å². The maximum Gasteiger partial charge on any atom is 0.315 e. The zero-order valence-corrected chi connectivity index (χ0v) is 25.6. The van der Waals surface area contributed by atoms with Crippen LogP contribution in [0.25, 0.3) is 33.5 Å². The number of nitrogens with one attached hydrogen (secondary N) is 2. The molecule has 4 aromatic heterocycles. The molecule has 1 amide bonds. The first-order valence-electron chi connectivity index (χ1n) is 14.9. The number of carbonyl (C=O) groups is 2. The number of carbonyl (C=O) groups excluding carboxylic acids is 2. The largest absolute Gasteiger partial charge is 0.357 e. The van der Waals surface area contributed by atoms with Gasteiger partial charge in [0.05, 0.1) is 11.7 Å². The lowest BCUT2D eigenvalue weighted by atomic mass is 9.96. The van der Waals surface area contributed by atoms with Gasteiger partial charge in [-0.1, -0.05) is 38.1 Å². The van der Waals surface area contributed by atoms with E-state index >= 15 is 0 Å². The molecule has 5 aromatic rings. The summed E-state index contributed by atoms with van der Waals surface area (Å²) >= 11 is 0. The summed E-state index contributed by atoms with van der Waals surface area (Å²) in [5.74, 6) is 1.10. The summed E-state index contributed by atoms with van der Waals surface area (Å²) in [4.78, 5) is 47.6. The first kappa shape index (κ1) is 29.2. The molecule has 2 N–H and O–H groups in total. The number of fused-ring (bicyclic) bond motifs is 1. The molecule has 6 rings (SSSR count). The average molecular weight is 593 g/mol. The van der Waals surface area contributed by atoms with Gasteiger partial charge in [0, 0.05) is 52.8 Å². The van der Waals surface area contributed by atoms with Crippen LogP contribution in [-0.4, -0.2) is 55.4 Å². The number of aldehydes is 1. The number of amides is 1. The fourth-order valence-electron chi connectivity index (χ4n) is 5.59. The van der Waals surface area contributed by atoms with E-state index in [-0.39, 0.29) is 23.3 Å². The van der Waals surface area contributed by atoms with Crippen LogP contribution in [0.2, 0.25) is 0 Å². The number of nitrogens with zero attached hydrogens (tertiary/aromatic N) is 6. The predicted octanol–water partition coefficient (Wildman–Crippen LogP) is 5.58. The van der Waals surface area contributed by atoms with E-state index in [1.165, 1.54) is 0 Å². The Morgan fingerprint density at radius 1 is 1.09 bits per heavy atom. The van der Waals surface area contributed by atoms with Crippen molar-refractivity contribution in [3.63, 3.8) is 0 Å². The number of rotatable bonds is 7. The minimum absolute atomic E-state index is 0.0493. The third kappa shape index (κ3) is 5.82. The van der Waals surface area contributed by atoms with Crippen molar-refractivity contribution in [2.75, 3.05) is 18.0 Å². The van der Waals surface area contributed by atoms with Gasteiger partial charge in [-0.15, -0.1) is 0 Å². The van der Waals surface area contributed by atoms with Crippen molar-refractivity contribution in [2.24, 2.45) is 5.92 Å². The lowest BCUT2D eigenvalue weighted by Crippen LogP contribution is -2.34. The second-order valence-corrected chi connectivity index (χ2v) is 12.5. The molecule has 44 heavy (non-hydrogen) atoms. The molecule has 0 bridgehead atoms. The van der Waals surface area contributed by atoms with E-state index < -0.39 is 5.91 Å². The van der Waals surface area contributed by atoms with E-state index in [9.17, 15) is 9.59 Å². The van der Waals surface area contributed by atoms with E-state index in [2.05, 4.69) is 53.5 Å². The summed E-state index contributed by atoms with van der Waals surface area (Å²) in [6.07, 6.45) is 6.22. The zero-order valence-electron chi connectivity index (χ0n) is 25.6. The van der Waals surface area contributed by atoms with Crippen LogP contribution >= 0.6 is 0 Å². The lowest BCUT2D eigenvalue weighted by Gasteiger charge is -2.30. The molecular formula is C33H36N8O3. The number of H-pyrrole nitrogens is 1. The fourth-order valence-corrected chi connectivity index (χ4v) is 5.59. The van der Waals surface area contributed by atoms with Crippen LogP contribution in [0.4, 0.5) is 5.82 Å². The number of piperidine rings is 1. The van der Waals surface area contributed by atoms with Crippen molar-refractivity contribution in [1.82, 2.24) is 35.4 Å². The van der Waals surface area contributed by atoms with E-state index in [4.69, 9.17) is 9.51 Å². The van der Waals surface area contributed by atoms with Gasteiger partial charge in [0.15, 0.2) is 5.82 Å². The Kier molecular flexibility index (Phi) is 7.71. The number of hydrogen-bond donors (Lipinski definition) is 2. The molecule has 11 nitrogen and oxygen atoms in total. The topological polar surface area (TPSA) is 143 Å². The number of pyridine rings is 1. The van der Waals surface area contributed by atoms with E-state index in [0.717, 1.165) is 82.7 Å². The van der Waals surface area contributed by atoms with Gasteiger partial charge in [-0.25, -0.2) is 15.0 Å². The van der Waals surface area contributed by atoms with Crippen molar-refractivity contribution >= 4 is 29.0 Å². The van der Waals surface area contributed by atoms with Crippen molar-refractivity contribution in [1.29, 1.82) is 0 Å². The van der Waals surface area contributed by atoms with Gasteiger partial charge in [-0.3, -0.25) is 4.79 Å². The predicted molar refractivity (Wildman–Crippen MR) is 167 cm³/mol. The third-order valence-corrected chi connectivity index (χ3v) is 8.19. The maximum atomic E-state index is 12.8. The van der Waals surface area contributed by atoms with Crippen LogP contribution in [0, 0.1) is 12.8 Å². The maximum absolute atomic E-state index is 12.8. The molecule has 1 saturated heterocycles. The molecule has 0 spiro atoms. The molecule has 1 fully saturated rings. The normalized spacial score (nSPS) is 15.0. The molecule has 0 unspecified atom stereocenters. The van der Waals surface area contributed by atoms with Gasteiger partial charge >= 0.3 is 11.8 Å². The molecule has 5 heterocycles. The summed E-state index contributed by atoms with van der Waals surface area (Å²) in [7, 11) is 0. The Hall–Kier alpha value is -4.93. The standard InChI is InChI=1S/C33H36N8O3/c1-19-14-22(6-8-24(19)20(2)37-30(43)31-39-32(40-44-31)33(3,4)5)28-25-15-26(38-29(25)36-18-35-28)23-7-9-27(34-16-23)41-12-10-21(17-42)11-13-41/h6-9,14-18,20-21H,10-13H2,1-5H3,(H,37,43)(H,35,36,38)/t20-/m1/s1. The van der Waals surface area contributed by atoms with Crippen LogP contribution in [-0.2, 0) is 10.2 Å². The summed E-state index contributed by atoms with van der Waals surface area (Å²) in [6.45, 7) is 11.5. The Balaban J connectivity index is 1.19. The van der Waals surface area contributed by atoms with Gasteiger partial charge in [0.1, 0.15) is 24.1 Å². The zero-order chi connectivity index (χ0) is 31.0. The summed E-state index contributed by atoms with van der Waals surface area (Å²) in [5, 5.41) is 7.82. The smallest absolute Gasteiger partial charge is 0.315 e. The molecule has 0 saturated carbocycles. The van der Waals surface area contributed by atoms with Gasteiger partial charge in [0.2, 0.25) is 0 Å². The summed E-state index contributed by atoms with van der Waals surface area (Å²) in [5.41, 5.74) is 6.02. The average Bonchev–Trinajstić information content (AvgIpc) is 3.70. The number of aromatic amines is 1. The van der Waals surface area contributed by atoms with Crippen molar-refractivity contribution < 1.29 is 14.1 Å². The highest BCUT2D eigenvalue weighted by Gasteiger charge is 2.25. The van der Waals surface area contributed by atoms with Crippen molar-refractivity contribution in [3.8, 4) is 22.5 Å². The minimum atomic E-state index is -0.411. The van der Waals surface area contributed by atoms with E-state index in [0.29, 0.717) is 5.82 Å². The van der Waals surface area contributed by atoms with Crippen LogP contribution in [0.15, 0.2) is 53.4 Å². The highest BCUT2D eigenvalue weighted by atomic mass is 16.5. The Labute approximate surface area is 255 Å². The van der Waals surface area contributed by atoms with Crippen LogP contribution in [0.3, 0.4) is 0 Å². The van der Waals surface area contributed by atoms with Crippen molar-refractivity contribution in [2.45, 2.75) is 58.9 Å². The first-order chi connectivity index (χ1) is 21.1. The highest BCUT2D eigenvalue weighted by molar-refractivity contribution is 5.94. The number of aryl methyl sites for hydroxylation is 1. The SMILES string of the molecule is Cc1cc(-c2ncnc3[nH]c(-c4ccc(N5CCC(C=O)CC5)nc4)cc23)ccc1[C@@H](C)NC(=O)c1nc(C(C)(C)C)no1. The lowest BCUT2D eigenvalue weighted by molar-refractivity contribution is -0.111. The second kappa shape index (κ2) is 11.6. The second-order valence-electron chi connectivity index (χ2n) is 12.5. The molecule has 1 aliphatic rings. The van der Waals surface area contributed by atoms with Gasteiger partial charge in [0.25, 0.3) is 0 Å². The van der Waals surface area contributed by atoms with Gasteiger partial charge in [-0.2, -0.15) is 4.98 Å². The summed E-state index contributed by atoms with van der Waals surface area (Å²) in [6, 6.07) is 11.9. The molecule has 0 radical (unpaired) electrons. The molecule has 1 atom stereocenters. The third-order valence-electron chi connectivity index (χ3n) is 8.19. The van der Waals surface area contributed by atoms with Crippen LogP contribution in [0.1, 0.15) is 74.2 Å². The number of anilines is 1. The van der Waals surface area contributed by atoms with Crippen molar-refractivity contribution in [3.05, 3.63) is 71.8 Å². The Morgan fingerprint density at radius 3 is 2.52 bits per heavy atom. The monoisotopic (exact) mass is 592 g/mol. The van der Waals surface area contributed by atoms with Crippen LogP contribution in [0.5, 0.6) is 0 Å². The van der Waals surface area contributed by atoms with Crippen LogP contribution < -0.4 is 10.2 Å². The highest BCUT2D eigenvalue weighted by Crippen LogP contribution is 2.32. The molecule has 1 aliphatic heterocycles. The van der Waals surface area contributed by atoms with E-state index in [1.807, 2.05) is 59.0 Å². The molecule has 0 aliphatic carbocycles. The fraction of sp³-hybridized carbons (Fsp3) is 0.364. The Morgan fingerprint density at radius 2 is 1.86 bits per heavy atom. The number of hydrogen-bond acceptors (Lipinski definition) is 9. The van der Waals surface area contributed by atoms with E-state index in [1.54, 1.807) is 6.33 Å². The van der Waals surface area contributed by atoms with Gasteiger partial charge < -0.3 is 24.5 Å². The Bertz CT molecular complexity index is 1810.